The predicted molar refractivity (Wildman–Crippen MR) is 68.3 cm³/mol. The monoisotopic (exact) mass is 318 g/mol. The maximum atomic E-state index is 12.3. The van der Waals surface area contributed by atoms with Crippen molar-refractivity contribution in [3.8, 4) is 0 Å². The Hall–Kier alpha value is -0.650. The van der Waals surface area contributed by atoms with Gasteiger partial charge in [0, 0.05) is 17.2 Å². The fraction of sp³-hybridized carbons (Fsp3) is 0.455. The average molecular weight is 320 g/mol. The van der Waals surface area contributed by atoms with Gasteiger partial charge in [-0.05, 0) is 28.9 Å². The van der Waals surface area contributed by atoms with Crippen molar-refractivity contribution in [1.29, 1.82) is 0 Å². The Bertz CT molecular complexity index is 441. The van der Waals surface area contributed by atoms with Gasteiger partial charge in [-0.15, -0.1) is 0 Å². The van der Waals surface area contributed by atoms with Crippen LogP contribution < -0.4 is 0 Å². The van der Waals surface area contributed by atoms with Crippen LogP contribution >= 0.6 is 27.5 Å². The molecule has 0 spiro atoms. The number of halogens is 2. The zero-order chi connectivity index (χ0) is 12.4. The molecule has 2 heterocycles. The van der Waals surface area contributed by atoms with Crippen LogP contribution in [0.4, 0.5) is 0 Å². The number of aromatic nitrogens is 1. The Labute approximate surface area is 113 Å². The SMILES string of the molecule is CC1COCCN1C(=O)c1cc(Br)cnc1Cl. The van der Waals surface area contributed by atoms with E-state index in [1.807, 2.05) is 6.92 Å². The predicted octanol–water partition coefficient (Wildman–Crippen LogP) is 2.36. The van der Waals surface area contributed by atoms with Crippen molar-refractivity contribution in [1.82, 2.24) is 9.88 Å². The maximum Gasteiger partial charge on any atom is 0.257 e. The van der Waals surface area contributed by atoms with Crippen LogP contribution in [0.1, 0.15) is 17.3 Å². The zero-order valence-corrected chi connectivity index (χ0v) is 11.7. The molecule has 1 atom stereocenters. The smallest absolute Gasteiger partial charge is 0.257 e. The van der Waals surface area contributed by atoms with Gasteiger partial charge in [-0.3, -0.25) is 4.79 Å². The van der Waals surface area contributed by atoms with Gasteiger partial charge in [-0.1, -0.05) is 11.6 Å². The molecule has 1 aliphatic rings. The molecule has 17 heavy (non-hydrogen) atoms. The van der Waals surface area contributed by atoms with E-state index in [1.54, 1.807) is 17.2 Å². The quantitative estimate of drug-likeness (QED) is 0.746. The summed E-state index contributed by atoms with van der Waals surface area (Å²) < 4.78 is 6.04. The van der Waals surface area contributed by atoms with Crippen molar-refractivity contribution in [3.63, 3.8) is 0 Å². The number of carbonyl (C=O) groups is 1. The Kier molecular flexibility index (Phi) is 4.01. The van der Waals surface area contributed by atoms with E-state index in [0.29, 0.717) is 25.3 Å². The second-order valence-corrected chi connectivity index (χ2v) is 5.19. The molecule has 0 saturated carbocycles. The van der Waals surface area contributed by atoms with Gasteiger partial charge < -0.3 is 9.64 Å². The highest BCUT2D eigenvalue weighted by atomic mass is 79.9. The largest absolute Gasteiger partial charge is 0.377 e. The normalized spacial score (nSPS) is 20.4. The summed E-state index contributed by atoms with van der Waals surface area (Å²) in [5.41, 5.74) is 0.426. The van der Waals surface area contributed by atoms with Gasteiger partial charge in [0.15, 0.2) is 0 Å². The van der Waals surface area contributed by atoms with Crippen molar-refractivity contribution in [2.45, 2.75) is 13.0 Å². The molecule has 6 heteroatoms. The van der Waals surface area contributed by atoms with E-state index in [0.717, 1.165) is 4.47 Å². The number of hydrogen-bond donors (Lipinski definition) is 0. The summed E-state index contributed by atoms with van der Waals surface area (Å²) in [4.78, 5) is 18.0. The van der Waals surface area contributed by atoms with E-state index in [-0.39, 0.29) is 17.1 Å². The van der Waals surface area contributed by atoms with Gasteiger partial charge in [0.25, 0.3) is 5.91 Å². The molecule has 1 aromatic heterocycles. The number of pyridine rings is 1. The summed E-state index contributed by atoms with van der Waals surface area (Å²) in [7, 11) is 0. The second-order valence-electron chi connectivity index (χ2n) is 3.91. The Morgan fingerprint density at radius 2 is 2.47 bits per heavy atom. The second kappa shape index (κ2) is 5.33. The van der Waals surface area contributed by atoms with Crippen molar-refractivity contribution >= 4 is 33.4 Å². The summed E-state index contributed by atoms with van der Waals surface area (Å²) in [5.74, 6) is -0.0976. The third-order valence-electron chi connectivity index (χ3n) is 2.66. The summed E-state index contributed by atoms with van der Waals surface area (Å²) >= 11 is 9.23. The van der Waals surface area contributed by atoms with Crippen LogP contribution in [0.25, 0.3) is 0 Å². The van der Waals surface area contributed by atoms with Gasteiger partial charge in [0.05, 0.1) is 24.8 Å². The third-order valence-corrected chi connectivity index (χ3v) is 3.40. The third kappa shape index (κ3) is 2.78. The molecule has 1 saturated heterocycles. The van der Waals surface area contributed by atoms with Gasteiger partial charge in [0.1, 0.15) is 5.15 Å². The van der Waals surface area contributed by atoms with Gasteiger partial charge in [-0.25, -0.2) is 4.98 Å². The Balaban J connectivity index is 2.26. The number of carbonyl (C=O) groups excluding carboxylic acids is 1. The summed E-state index contributed by atoms with van der Waals surface area (Å²) in [6.45, 7) is 3.67. The summed E-state index contributed by atoms with van der Waals surface area (Å²) in [6.07, 6.45) is 1.57. The highest BCUT2D eigenvalue weighted by molar-refractivity contribution is 9.10. The molecular formula is C11H12BrClN2O2. The molecular weight excluding hydrogens is 307 g/mol. The Morgan fingerprint density at radius 3 is 3.18 bits per heavy atom. The molecule has 1 amide bonds. The standard InChI is InChI=1S/C11H12BrClN2O2/c1-7-6-17-3-2-15(7)11(16)9-4-8(12)5-14-10(9)13/h4-5,7H,2-3,6H2,1H3. The zero-order valence-electron chi connectivity index (χ0n) is 9.32. The fourth-order valence-electron chi connectivity index (χ4n) is 1.76. The van der Waals surface area contributed by atoms with Crippen LogP contribution in [0.3, 0.4) is 0 Å². The van der Waals surface area contributed by atoms with Crippen LogP contribution in [0.2, 0.25) is 5.15 Å². The lowest BCUT2D eigenvalue weighted by Crippen LogP contribution is -2.47. The highest BCUT2D eigenvalue weighted by Crippen LogP contribution is 2.21. The minimum atomic E-state index is -0.0976. The average Bonchev–Trinajstić information content (AvgIpc) is 2.32. The van der Waals surface area contributed by atoms with E-state index in [2.05, 4.69) is 20.9 Å². The molecule has 1 fully saturated rings. The number of ether oxygens (including phenoxy) is 1. The minimum Gasteiger partial charge on any atom is -0.377 e. The molecule has 0 aromatic carbocycles. The number of nitrogens with zero attached hydrogens (tertiary/aromatic N) is 2. The van der Waals surface area contributed by atoms with E-state index < -0.39 is 0 Å². The molecule has 1 aliphatic heterocycles. The van der Waals surface area contributed by atoms with E-state index in [4.69, 9.17) is 16.3 Å². The molecule has 0 N–H and O–H groups in total. The summed E-state index contributed by atoms with van der Waals surface area (Å²) in [6, 6.07) is 1.76. The van der Waals surface area contributed by atoms with Crippen molar-refractivity contribution < 1.29 is 9.53 Å². The molecule has 4 nitrogen and oxygen atoms in total. The minimum absolute atomic E-state index is 0.0614. The molecule has 1 aromatic rings. The van der Waals surface area contributed by atoms with E-state index in [9.17, 15) is 4.79 Å². The Morgan fingerprint density at radius 1 is 1.71 bits per heavy atom. The topological polar surface area (TPSA) is 42.4 Å². The van der Waals surface area contributed by atoms with Crippen LogP contribution in [-0.2, 0) is 4.74 Å². The number of rotatable bonds is 1. The van der Waals surface area contributed by atoms with E-state index in [1.165, 1.54) is 0 Å². The number of hydrogen-bond acceptors (Lipinski definition) is 3. The molecule has 92 valence electrons. The van der Waals surface area contributed by atoms with Crippen LogP contribution in [0.5, 0.6) is 0 Å². The number of amides is 1. The maximum absolute atomic E-state index is 12.3. The molecule has 0 aliphatic carbocycles. The van der Waals surface area contributed by atoms with Crippen molar-refractivity contribution in [3.05, 3.63) is 27.5 Å². The first kappa shape index (κ1) is 12.8. The first-order valence-corrected chi connectivity index (χ1v) is 6.46. The first-order valence-electron chi connectivity index (χ1n) is 5.29. The lowest BCUT2D eigenvalue weighted by Gasteiger charge is -2.33. The summed E-state index contributed by atoms with van der Waals surface area (Å²) in [5, 5.41) is 0.233. The lowest BCUT2D eigenvalue weighted by molar-refractivity contribution is 0.00358. The molecule has 1 unspecified atom stereocenters. The molecule has 0 radical (unpaired) electrons. The van der Waals surface area contributed by atoms with Crippen LogP contribution in [0, 0.1) is 0 Å². The van der Waals surface area contributed by atoms with Crippen LogP contribution in [0.15, 0.2) is 16.7 Å². The van der Waals surface area contributed by atoms with Gasteiger partial charge >= 0.3 is 0 Å². The van der Waals surface area contributed by atoms with Gasteiger partial charge in [0.2, 0.25) is 0 Å². The van der Waals surface area contributed by atoms with E-state index >= 15 is 0 Å². The lowest BCUT2D eigenvalue weighted by atomic mass is 10.2. The highest BCUT2D eigenvalue weighted by Gasteiger charge is 2.26. The van der Waals surface area contributed by atoms with Gasteiger partial charge in [-0.2, -0.15) is 0 Å². The van der Waals surface area contributed by atoms with Crippen molar-refractivity contribution in [2.75, 3.05) is 19.8 Å². The molecule has 2 rings (SSSR count). The van der Waals surface area contributed by atoms with Crippen LogP contribution in [-0.4, -0.2) is 41.6 Å². The molecule has 0 bridgehead atoms. The first-order chi connectivity index (χ1) is 8.09. The number of morpholine rings is 1. The van der Waals surface area contributed by atoms with Crippen molar-refractivity contribution in [2.24, 2.45) is 0 Å². The fourth-order valence-corrected chi connectivity index (χ4v) is 2.27.